The van der Waals surface area contributed by atoms with Gasteiger partial charge in [-0.15, -0.1) is 0 Å². The van der Waals surface area contributed by atoms with Gasteiger partial charge in [-0.1, -0.05) is 38.3 Å². The molecule has 0 aromatic rings. The van der Waals surface area contributed by atoms with Crippen LogP contribution >= 0.6 is 0 Å². The van der Waals surface area contributed by atoms with Crippen LogP contribution in [0, 0.1) is 5.92 Å². The smallest absolute Gasteiger partial charge is 0.0721 e. The predicted octanol–water partition coefficient (Wildman–Crippen LogP) is 2.64. The Hall–Kier alpha value is -0.340. The van der Waals surface area contributed by atoms with E-state index in [1.54, 1.807) is 0 Å². The maximum atomic E-state index is 9.65. The molecule has 3 atom stereocenters. The lowest BCUT2D eigenvalue weighted by Gasteiger charge is -2.06. The molecule has 0 amide bonds. The minimum atomic E-state index is -0.283. The molecule has 1 rings (SSSR count). The molecule has 1 fully saturated rings. The highest BCUT2D eigenvalue weighted by atomic mass is 16.3. The molecule has 1 unspecified atom stereocenters. The Balaban J connectivity index is 2.13. The van der Waals surface area contributed by atoms with Crippen molar-refractivity contribution in [2.45, 2.75) is 64.1 Å². The quantitative estimate of drug-likeness (QED) is 0.525. The highest BCUT2D eigenvalue weighted by molar-refractivity contribution is 4.96. The molecule has 0 aromatic heterocycles. The monoisotopic (exact) mass is 212 g/mol. The Labute approximate surface area is 93.0 Å². The number of allylic oxidation sites excluding steroid dienone is 1. The third-order valence-corrected chi connectivity index (χ3v) is 3.15. The van der Waals surface area contributed by atoms with Crippen LogP contribution in [0.2, 0.25) is 0 Å². The number of aliphatic hydroxyl groups is 2. The van der Waals surface area contributed by atoms with Crippen molar-refractivity contribution in [2.24, 2.45) is 5.92 Å². The molecule has 0 radical (unpaired) electrons. The van der Waals surface area contributed by atoms with Gasteiger partial charge in [-0.3, -0.25) is 0 Å². The first-order chi connectivity index (χ1) is 7.22. The summed E-state index contributed by atoms with van der Waals surface area (Å²) in [6.45, 7) is 2.17. The van der Waals surface area contributed by atoms with E-state index >= 15 is 0 Å². The Kier molecular flexibility index (Phi) is 5.96. The van der Waals surface area contributed by atoms with Gasteiger partial charge in [0, 0.05) is 0 Å². The molecule has 0 saturated heterocycles. The van der Waals surface area contributed by atoms with Gasteiger partial charge in [0.2, 0.25) is 0 Å². The first kappa shape index (κ1) is 12.7. The minimum absolute atomic E-state index is 0.114. The summed E-state index contributed by atoms with van der Waals surface area (Å²) in [7, 11) is 0. The molecule has 0 heterocycles. The van der Waals surface area contributed by atoms with E-state index in [0.717, 1.165) is 32.1 Å². The van der Waals surface area contributed by atoms with E-state index in [1.807, 2.05) is 6.08 Å². The average molecular weight is 212 g/mol. The van der Waals surface area contributed by atoms with Gasteiger partial charge in [0.1, 0.15) is 0 Å². The van der Waals surface area contributed by atoms with Crippen molar-refractivity contribution < 1.29 is 10.2 Å². The molecule has 0 bridgehead atoms. The number of hydrogen-bond donors (Lipinski definition) is 2. The van der Waals surface area contributed by atoms with E-state index in [2.05, 4.69) is 13.0 Å². The Morgan fingerprint density at radius 3 is 2.73 bits per heavy atom. The molecule has 0 aromatic carbocycles. The highest BCUT2D eigenvalue weighted by Gasteiger charge is 2.20. The van der Waals surface area contributed by atoms with Gasteiger partial charge in [-0.25, -0.2) is 0 Å². The third-order valence-electron chi connectivity index (χ3n) is 3.15. The minimum Gasteiger partial charge on any atom is -0.393 e. The third kappa shape index (κ3) is 5.33. The SMILES string of the molecule is CCCCC[C@H](O)/C=C/C1CC[C@H](O)C1. The molecule has 0 aliphatic heterocycles. The van der Waals surface area contributed by atoms with Crippen LogP contribution in [0.4, 0.5) is 0 Å². The summed E-state index contributed by atoms with van der Waals surface area (Å²) in [6.07, 6.45) is 10.8. The summed E-state index contributed by atoms with van der Waals surface area (Å²) >= 11 is 0. The lowest BCUT2D eigenvalue weighted by Crippen LogP contribution is -2.03. The van der Waals surface area contributed by atoms with Crippen molar-refractivity contribution in [1.29, 1.82) is 0 Å². The van der Waals surface area contributed by atoms with E-state index in [9.17, 15) is 10.2 Å². The van der Waals surface area contributed by atoms with Gasteiger partial charge in [0.15, 0.2) is 0 Å². The molecule has 1 aliphatic rings. The largest absolute Gasteiger partial charge is 0.393 e. The van der Waals surface area contributed by atoms with E-state index in [1.165, 1.54) is 12.8 Å². The van der Waals surface area contributed by atoms with Crippen molar-refractivity contribution in [1.82, 2.24) is 0 Å². The number of aliphatic hydroxyl groups excluding tert-OH is 2. The van der Waals surface area contributed by atoms with E-state index in [0.29, 0.717) is 5.92 Å². The zero-order valence-corrected chi connectivity index (χ0v) is 9.73. The second-order valence-electron chi connectivity index (χ2n) is 4.67. The van der Waals surface area contributed by atoms with E-state index in [4.69, 9.17) is 0 Å². The van der Waals surface area contributed by atoms with Crippen LogP contribution in [0.15, 0.2) is 12.2 Å². The van der Waals surface area contributed by atoms with Crippen LogP contribution in [0.1, 0.15) is 51.9 Å². The van der Waals surface area contributed by atoms with Gasteiger partial charge >= 0.3 is 0 Å². The fourth-order valence-corrected chi connectivity index (χ4v) is 2.15. The lowest BCUT2D eigenvalue weighted by molar-refractivity contribution is 0.179. The van der Waals surface area contributed by atoms with Crippen LogP contribution in [-0.2, 0) is 0 Å². The summed E-state index contributed by atoms with van der Waals surface area (Å²) in [5.41, 5.74) is 0. The lowest BCUT2D eigenvalue weighted by atomic mass is 10.0. The normalized spacial score (nSPS) is 28.7. The van der Waals surface area contributed by atoms with Crippen LogP contribution in [0.25, 0.3) is 0 Å². The molecule has 1 saturated carbocycles. The molecule has 88 valence electrons. The zero-order valence-electron chi connectivity index (χ0n) is 9.73. The van der Waals surface area contributed by atoms with Crippen molar-refractivity contribution in [3.63, 3.8) is 0 Å². The zero-order chi connectivity index (χ0) is 11.1. The number of rotatable bonds is 6. The maximum Gasteiger partial charge on any atom is 0.0721 e. The Morgan fingerprint density at radius 1 is 1.33 bits per heavy atom. The van der Waals surface area contributed by atoms with Gasteiger partial charge in [0.25, 0.3) is 0 Å². The standard InChI is InChI=1S/C13H24O2/c1-2-3-4-5-12(14)8-6-11-7-9-13(15)10-11/h6,8,11-15H,2-5,7,9-10H2,1H3/b8-6+/t11?,12-,13-/m0/s1. The Bertz CT molecular complexity index is 189. The molecule has 2 heteroatoms. The van der Waals surface area contributed by atoms with Crippen molar-refractivity contribution in [3.05, 3.63) is 12.2 Å². The van der Waals surface area contributed by atoms with E-state index in [-0.39, 0.29) is 12.2 Å². The molecular weight excluding hydrogens is 188 g/mol. The van der Waals surface area contributed by atoms with Gasteiger partial charge in [-0.2, -0.15) is 0 Å². The van der Waals surface area contributed by atoms with Gasteiger partial charge in [-0.05, 0) is 31.6 Å². The molecule has 2 nitrogen and oxygen atoms in total. The topological polar surface area (TPSA) is 40.5 Å². The molecular formula is C13H24O2. The fourth-order valence-electron chi connectivity index (χ4n) is 2.15. The second-order valence-corrected chi connectivity index (χ2v) is 4.67. The van der Waals surface area contributed by atoms with Gasteiger partial charge in [0.05, 0.1) is 12.2 Å². The summed E-state index contributed by atoms with van der Waals surface area (Å²) in [6, 6.07) is 0. The first-order valence-corrected chi connectivity index (χ1v) is 6.26. The van der Waals surface area contributed by atoms with Crippen LogP contribution < -0.4 is 0 Å². The van der Waals surface area contributed by atoms with Crippen molar-refractivity contribution in [3.8, 4) is 0 Å². The summed E-state index contributed by atoms with van der Waals surface area (Å²) in [5, 5.41) is 19.0. The number of hydrogen-bond acceptors (Lipinski definition) is 2. The average Bonchev–Trinajstić information content (AvgIpc) is 2.62. The summed E-state index contributed by atoms with van der Waals surface area (Å²) < 4.78 is 0. The molecule has 2 N–H and O–H groups in total. The first-order valence-electron chi connectivity index (χ1n) is 6.26. The highest BCUT2D eigenvalue weighted by Crippen LogP contribution is 2.26. The maximum absolute atomic E-state index is 9.65. The van der Waals surface area contributed by atoms with Crippen LogP contribution in [0.5, 0.6) is 0 Å². The summed E-state index contributed by atoms with van der Waals surface area (Å²) in [5.74, 6) is 0.487. The number of unbranched alkanes of at least 4 members (excludes halogenated alkanes) is 2. The molecule has 0 spiro atoms. The molecule has 1 aliphatic carbocycles. The molecule has 15 heavy (non-hydrogen) atoms. The summed E-state index contributed by atoms with van der Waals surface area (Å²) in [4.78, 5) is 0. The second kappa shape index (κ2) is 7.02. The van der Waals surface area contributed by atoms with Crippen molar-refractivity contribution in [2.75, 3.05) is 0 Å². The van der Waals surface area contributed by atoms with E-state index < -0.39 is 0 Å². The van der Waals surface area contributed by atoms with Crippen molar-refractivity contribution >= 4 is 0 Å². The Morgan fingerprint density at radius 2 is 2.13 bits per heavy atom. The van der Waals surface area contributed by atoms with Gasteiger partial charge < -0.3 is 10.2 Å². The van der Waals surface area contributed by atoms with Crippen LogP contribution in [0.3, 0.4) is 0 Å². The van der Waals surface area contributed by atoms with Crippen LogP contribution in [-0.4, -0.2) is 22.4 Å². The fraction of sp³-hybridized carbons (Fsp3) is 0.846. The predicted molar refractivity (Wildman–Crippen MR) is 62.6 cm³/mol.